The first kappa shape index (κ1) is 18.6. The van der Waals surface area contributed by atoms with Crippen molar-refractivity contribution in [2.75, 3.05) is 23.7 Å². The molecular weight excluding hydrogens is 356 g/mol. The molecule has 1 aromatic carbocycles. The van der Waals surface area contributed by atoms with E-state index in [1.807, 2.05) is 0 Å². The number of nitrogens with zero attached hydrogens (tertiary/aromatic N) is 3. The largest absolute Gasteiger partial charge is 0.326 e. The zero-order valence-corrected chi connectivity index (χ0v) is 16.2. The van der Waals surface area contributed by atoms with Gasteiger partial charge in [0.15, 0.2) is 5.82 Å². The Labute approximate surface area is 164 Å². The molecule has 0 radical (unpaired) electrons. The average molecular weight is 382 g/mol. The molecule has 3 N–H and O–H groups in total. The van der Waals surface area contributed by atoms with E-state index in [1.54, 1.807) is 36.0 Å². The van der Waals surface area contributed by atoms with Gasteiger partial charge in [0.2, 0.25) is 11.9 Å². The molecule has 8 heteroatoms. The second-order valence-corrected chi connectivity index (χ2v) is 7.79. The van der Waals surface area contributed by atoms with Crippen molar-refractivity contribution in [1.29, 1.82) is 0 Å². The molecule has 2 amide bonds. The summed E-state index contributed by atoms with van der Waals surface area (Å²) in [6.07, 6.45) is 2.93. The van der Waals surface area contributed by atoms with Crippen LogP contribution >= 0.6 is 0 Å². The molecule has 2 unspecified atom stereocenters. The highest BCUT2D eigenvalue weighted by Crippen LogP contribution is 2.38. The Morgan fingerprint density at radius 2 is 1.96 bits per heavy atom. The maximum Gasteiger partial charge on any atom is 0.258 e. The van der Waals surface area contributed by atoms with Gasteiger partial charge in [-0.05, 0) is 56.5 Å². The van der Waals surface area contributed by atoms with Gasteiger partial charge in [-0.2, -0.15) is 10.1 Å². The summed E-state index contributed by atoms with van der Waals surface area (Å²) in [4.78, 5) is 29.3. The second kappa shape index (κ2) is 7.71. The van der Waals surface area contributed by atoms with Crippen molar-refractivity contribution in [3.05, 3.63) is 35.7 Å². The fourth-order valence-corrected chi connectivity index (χ4v) is 3.60. The maximum atomic E-state index is 12.7. The summed E-state index contributed by atoms with van der Waals surface area (Å²) in [5, 5.41) is 13.5. The van der Waals surface area contributed by atoms with Crippen LogP contribution in [0, 0.1) is 11.8 Å². The molecule has 1 saturated heterocycles. The minimum atomic E-state index is -0.275. The Balaban J connectivity index is 1.43. The van der Waals surface area contributed by atoms with Crippen LogP contribution in [0.5, 0.6) is 0 Å². The van der Waals surface area contributed by atoms with E-state index < -0.39 is 0 Å². The highest BCUT2D eigenvalue weighted by atomic mass is 16.2. The van der Waals surface area contributed by atoms with Crippen molar-refractivity contribution >= 4 is 23.5 Å². The number of anilines is 2. The fraction of sp³-hybridized carbons (Fsp3) is 0.500. The van der Waals surface area contributed by atoms with Gasteiger partial charge in [-0.3, -0.25) is 14.9 Å². The number of piperidine rings is 1. The van der Waals surface area contributed by atoms with E-state index in [1.165, 1.54) is 0 Å². The Kier molecular flexibility index (Phi) is 5.13. The number of carbonyl (C=O) groups is 2. The van der Waals surface area contributed by atoms with E-state index in [2.05, 4.69) is 33.0 Å². The van der Waals surface area contributed by atoms with Crippen LogP contribution in [-0.4, -0.2) is 39.7 Å². The molecule has 28 heavy (non-hydrogen) atoms. The number of aromatic nitrogens is 3. The van der Waals surface area contributed by atoms with Crippen LogP contribution in [-0.2, 0) is 11.8 Å². The first-order chi connectivity index (χ1) is 13.5. The van der Waals surface area contributed by atoms with Crippen molar-refractivity contribution in [1.82, 2.24) is 20.1 Å². The number of rotatable bonds is 5. The van der Waals surface area contributed by atoms with Crippen molar-refractivity contribution in [2.45, 2.75) is 32.1 Å². The Morgan fingerprint density at radius 3 is 2.68 bits per heavy atom. The molecule has 2 fully saturated rings. The van der Waals surface area contributed by atoms with Crippen LogP contribution in [0.2, 0.25) is 0 Å². The Bertz CT molecular complexity index is 887. The molecule has 2 atom stereocenters. The third-order valence-corrected chi connectivity index (χ3v) is 5.55. The molecule has 1 saturated carbocycles. The number of benzene rings is 1. The second-order valence-electron chi connectivity index (χ2n) is 7.79. The Morgan fingerprint density at radius 1 is 1.21 bits per heavy atom. The molecule has 0 spiro atoms. The van der Waals surface area contributed by atoms with Gasteiger partial charge in [0, 0.05) is 30.1 Å². The summed E-state index contributed by atoms with van der Waals surface area (Å²) in [5.74, 6) is 1.80. The van der Waals surface area contributed by atoms with Gasteiger partial charge in [0.05, 0.1) is 0 Å². The topological polar surface area (TPSA) is 101 Å². The average Bonchev–Trinajstić information content (AvgIpc) is 3.33. The zero-order chi connectivity index (χ0) is 19.7. The minimum absolute atomic E-state index is 0.0185. The number of amides is 2. The van der Waals surface area contributed by atoms with Gasteiger partial charge in [0.25, 0.3) is 5.91 Å². The number of hydrogen-bond acceptors (Lipinski definition) is 5. The third-order valence-electron chi connectivity index (χ3n) is 5.55. The lowest BCUT2D eigenvalue weighted by Crippen LogP contribution is -2.27. The van der Waals surface area contributed by atoms with Crippen molar-refractivity contribution in [3.63, 3.8) is 0 Å². The van der Waals surface area contributed by atoms with Crippen LogP contribution in [0.3, 0.4) is 0 Å². The summed E-state index contributed by atoms with van der Waals surface area (Å²) in [5.41, 5.74) is 1.10. The van der Waals surface area contributed by atoms with Crippen LogP contribution < -0.4 is 16.0 Å². The number of hydrogen-bond donors (Lipinski definition) is 3. The first-order valence-corrected chi connectivity index (χ1v) is 9.85. The summed E-state index contributed by atoms with van der Waals surface area (Å²) in [6, 6.07) is 6.95. The highest BCUT2D eigenvalue weighted by molar-refractivity contribution is 6.04. The summed E-state index contributed by atoms with van der Waals surface area (Å²) in [6.45, 7) is 3.98. The normalized spacial score (nSPS) is 21.9. The molecular formula is C20H26N6O2. The van der Waals surface area contributed by atoms with E-state index in [4.69, 9.17) is 0 Å². The predicted octanol–water partition coefficient (Wildman–Crippen LogP) is 2.13. The summed E-state index contributed by atoms with van der Waals surface area (Å²) < 4.78 is 1.61. The lowest BCUT2D eigenvalue weighted by atomic mass is 9.98. The Hall–Kier alpha value is -2.74. The molecule has 0 bridgehead atoms. The minimum Gasteiger partial charge on any atom is -0.326 e. The number of carbonyl (C=O) groups excluding carboxylic acids is 2. The monoisotopic (exact) mass is 382 g/mol. The maximum absolute atomic E-state index is 12.7. The van der Waals surface area contributed by atoms with Crippen LogP contribution in [0.4, 0.5) is 11.6 Å². The van der Waals surface area contributed by atoms with E-state index in [0.29, 0.717) is 29.0 Å². The van der Waals surface area contributed by atoms with Gasteiger partial charge in [-0.1, -0.05) is 13.0 Å². The number of nitrogens with one attached hydrogen (secondary N) is 3. The molecule has 2 aromatic rings. The van der Waals surface area contributed by atoms with Crippen molar-refractivity contribution in [2.24, 2.45) is 18.9 Å². The molecule has 8 nitrogen and oxygen atoms in total. The smallest absolute Gasteiger partial charge is 0.258 e. The molecule has 1 aliphatic heterocycles. The quantitative estimate of drug-likeness (QED) is 0.735. The molecule has 4 rings (SSSR count). The van der Waals surface area contributed by atoms with Gasteiger partial charge < -0.3 is 10.6 Å². The zero-order valence-electron chi connectivity index (χ0n) is 16.2. The lowest BCUT2D eigenvalue weighted by molar-refractivity contribution is -0.117. The standard InChI is InChI=1S/C20H26N6O2/c1-12-10-16(12)19(28)22-15-5-3-4-14(11-15)18(27)24-20-23-17(25-26(20)2)13-6-8-21-9-7-13/h3-5,11-13,16,21H,6-10H2,1-2H3,(H,22,28)(H,23,24,25,27). The van der Waals surface area contributed by atoms with E-state index in [-0.39, 0.29) is 17.7 Å². The fourth-order valence-electron chi connectivity index (χ4n) is 3.60. The van der Waals surface area contributed by atoms with Crippen molar-refractivity contribution in [3.8, 4) is 0 Å². The predicted molar refractivity (Wildman–Crippen MR) is 106 cm³/mol. The summed E-state index contributed by atoms with van der Waals surface area (Å²) in [7, 11) is 1.78. The van der Waals surface area contributed by atoms with E-state index in [0.717, 1.165) is 38.2 Å². The van der Waals surface area contributed by atoms with Crippen molar-refractivity contribution < 1.29 is 9.59 Å². The molecule has 2 aliphatic rings. The van der Waals surface area contributed by atoms with Gasteiger partial charge in [-0.15, -0.1) is 0 Å². The molecule has 148 valence electrons. The molecule has 1 aliphatic carbocycles. The van der Waals surface area contributed by atoms with E-state index in [9.17, 15) is 9.59 Å². The first-order valence-electron chi connectivity index (χ1n) is 9.85. The van der Waals surface area contributed by atoms with Gasteiger partial charge in [0.1, 0.15) is 0 Å². The lowest BCUT2D eigenvalue weighted by Gasteiger charge is -2.19. The van der Waals surface area contributed by atoms with E-state index >= 15 is 0 Å². The van der Waals surface area contributed by atoms with Gasteiger partial charge in [-0.25, -0.2) is 4.68 Å². The number of aryl methyl sites for hydroxylation is 1. The highest BCUT2D eigenvalue weighted by Gasteiger charge is 2.39. The van der Waals surface area contributed by atoms with Crippen LogP contribution in [0.15, 0.2) is 24.3 Å². The van der Waals surface area contributed by atoms with Crippen LogP contribution in [0.1, 0.15) is 48.3 Å². The van der Waals surface area contributed by atoms with Gasteiger partial charge >= 0.3 is 0 Å². The SMILES string of the molecule is CC1CC1C(=O)Nc1cccc(C(=O)Nc2nc(C3CCNCC3)nn2C)c1. The summed E-state index contributed by atoms with van der Waals surface area (Å²) >= 11 is 0. The third kappa shape index (κ3) is 4.06. The van der Waals surface area contributed by atoms with Crippen LogP contribution in [0.25, 0.3) is 0 Å². The molecule has 2 heterocycles. The molecule has 1 aromatic heterocycles.